The van der Waals surface area contributed by atoms with Crippen LogP contribution in [0, 0.1) is 11.3 Å². The average Bonchev–Trinajstić information content (AvgIpc) is 3.56. The lowest BCUT2D eigenvalue weighted by atomic mass is 9.86. The van der Waals surface area contributed by atoms with Crippen molar-refractivity contribution in [1.29, 1.82) is 0 Å². The van der Waals surface area contributed by atoms with Gasteiger partial charge in [-0.2, -0.15) is 13.5 Å². The van der Waals surface area contributed by atoms with Gasteiger partial charge in [0.2, 0.25) is 5.91 Å². The Kier molecular flexibility index (Phi) is 7.45. The van der Waals surface area contributed by atoms with E-state index >= 15 is 0 Å². The molecule has 4 bridgehead atoms. The lowest BCUT2D eigenvalue weighted by molar-refractivity contribution is -0.120. The van der Waals surface area contributed by atoms with Crippen LogP contribution >= 0.6 is 0 Å². The molecule has 218 valence electrons. The standard InChI is InChI=1S/C28H41N7O4S/c1-27(2,3)12-9-19-10-16-34(26(19)37)22-8-7-21-24(30-22)35-18-20(17-28(35,4)5)29-13-6-14-33-15-11-23(31-33)40(38,39)32-25(21)36/h7-8,11,15,19-20,29H,6,9-10,12-14,16-18H2,1-5H3,(H,32,36). The van der Waals surface area contributed by atoms with Gasteiger partial charge in [0.05, 0.1) is 5.56 Å². The summed E-state index contributed by atoms with van der Waals surface area (Å²) >= 11 is 0. The van der Waals surface area contributed by atoms with Crippen molar-refractivity contribution in [2.45, 2.75) is 89.9 Å². The van der Waals surface area contributed by atoms with Crippen molar-refractivity contribution >= 4 is 33.5 Å². The molecule has 2 saturated heterocycles. The van der Waals surface area contributed by atoms with E-state index in [1.807, 2.05) is 0 Å². The first-order chi connectivity index (χ1) is 18.7. The number of nitrogens with one attached hydrogen (secondary N) is 2. The van der Waals surface area contributed by atoms with E-state index in [1.54, 1.807) is 27.9 Å². The highest BCUT2D eigenvalue weighted by Crippen LogP contribution is 2.37. The third-order valence-electron chi connectivity index (χ3n) is 8.19. The lowest BCUT2D eigenvalue weighted by Crippen LogP contribution is -2.41. The summed E-state index contributed by atoms with van der Waals surface area (Å²) in [5.41, 5.74) is -0.0590. The molecular weight excluding hydrogens is 530 g/mol. The maximum atomic E-state index is 13.5. The first-order valence-corrected chi connectivity index (χ1v) is 15.7. The molecule has 2 aromatic heterocycles. The monoisotopic (exact) mass is 571 g/mol. The number of anilines is 2. The highest BCUT2D eigenvalue weighted by atomic mass is 32.2. The van der Waals surface area contributed by atoms with E-state index in [1.165, 1.54) is 6.07 Å². The van der Waals surface area contributed by atoms with Crippen LogP contribution in [0.3, 0.4) is 0 Å². The van der Waals surface area contributed by atoms with Crippen LogP contribution in [0.15, 0.2) is 29.4 Å². The van der Waals surface area contributed by atoms with Crippen LogP contribution in [0.5, 0.6) is 0 Å². The summed E-state index contributed by atoms with van der Waals surface area (Å²) in [6.45, 7) is 13.2. The fourth-order valence-electron chi connectivity index (χ4n) is 5.96. The summed E-state index contributed by atoms with van der Waals surface area (Å²) in [5, 5.41) is 7.57. The fourth-order valence-corrected chi connectivity index (χ4v) is 6.87. The van der Waals surface area contributed by atoms with Crippen LogP contribution in [-0.2, 0) is 21.4 Å². The average molecular weight is 572 g/mol. The Bertz CT molecular complexity index is 1400. The molecule has 2 unspecified atom stereocenters. The molecule has 5 rings (SSSR count). The van der Waals surface area contributed by atoms with Crippen LogP contribution in [0.25, 0.3) is 0 Å². The van der Waals surface area contributed by atoms with Gasteiger partial charge >= 0.3 is 0 Å². The van der Waals surface area contributed by atoms with Crippen molar-refractivity contribution in [3.05, 3.63) is 30.0 Å². The number of amides is 2. The van der Waals surface area contributed by atoms with Gasteiger partial charge in [-0.25, -0.2) is 9.71 Å². The fraction of sp³-hybridized carbons (Fsp3) is 0.643. The number of fused-ring (bicyclic) bond motifs is 6. The maximum absolute atomic E-state index is 13.5. The number of aryl methyl sites for hydroxylation is 1. The minimum atomic E-state index is -4.19. The summed E-state index contributed by atoms with van der Waals surface area (Å²) < 4.78 is 29.9. The number of rotatable bonds is 3. The molecule has 40 heavy (non-hydrogen) atoms. The van der Waals surface area contributed by atoms with Gasteiger partial charge in [0.25, 0.3) is 15.9 Å². The first-order valence-electron chi connectivity index (χ1n) is 14.2. The minimum absolute atomic E-state index is 0.0521. The van der Waals surface area contributed by atoms with Crippen molar-refractivity contribution in [2.24, 2.45) is 11.3 Å². The summed E-state index contributed by atoms with van der Waals surface area (Å²) in [4.78, 5) is 35.6. The smallest absolute Gasteiger partial charge is 0.283 e. The zero-order chi connectivity index (χ0) is 28.9. The van der Waals surface area contributed by atoms with Gasteiger partial charge in [-0.15, -0.1) is 0 Å². The number of aromatic nitrogens is 3. The van der Waals surface area contributed by atoms with E-state index in [9.17, 15) is 18.0 Å². The highest BCUT2D eigenvalue weighted by Gasteiger charge is 2.42. The molecule has 0 radical (unpaired) electrons. The van der Waals surface area contributed by atoms with Crippen LogP contribution < -0.4 is 19.8 Å². The second-order valence-electron chi connectivity index (χ2n) is 13.1. The lowest BCUT2D eigenvalue weighted by Gasteiger charge is -2.34. The SMILES string of the molecule is CC(C)(C)CCC1CCN(c2ccc3c(n2)N2CC(CC2(C)C)NCCCn2ccc(n2)S(=O)(=O)NC3=O)C1=O. The van der Waals surface area contributed by atoms with Gasteiger partial charge in [-0.05, 0) is 76.1 Å². The Morgan fingerprint density at radius 3 is 2.65 bits per heavy atom. The molecule has 3 aliphatic heterocycles. The predicted octanol–water partition coefficient (Wildman–Crippen LogP) is 2.93. The summed E-state index contributed by atoms with van der Waals surface area (Å²) in [7, 11) is -4.19. The summed E-state index contributed by atoms with van der Waals surface area (Å²) in [6.07, 6.45) is 5.75. The van der Waals surface area contributed by atoms with Gasteiger partial charge in [-0.3, -0.25) is 19.2 Å². The molecule has 2 N–H and O–H groups in total. The number of carbonyl (C=O) groups excluding carboxylic acids is 2. The quantitative estimate of drug-likeness (QED) is 0.575. The Morgan fingerprint density at radius 2 is 1.90 bits per heavy atom. The maximum Gasteiger partial charge on any atom is 0.283 e. The Hall–Kier alpha value is -2.99. The number of carbonyl (C=O) groups is 2. The van der Waals surface area contributed by atoms with Gasteiger partial charge in [0, 0.05) is 43.3 Å². The zero-order valence-corrected chi connectivity index (χ0v) is 24.9. The van der Waals surface area contributed by atoms with Crippen LogP contribution in [0.4, 0.5) is 11.6 Å². The molecule has 0 aliphatic carbocycles. The zero-order valence-electron chi connectivity index (χ0n) is 24.1. The second-order valence-corrected chi connectivity index (χ2v) is 14.7. The number of hydrogen-bond acceptors (Lipinski definition) is 8. The molecule has 11 nitrogen and oxygen atoms in total. The molecule has 0 spiro atoms. The van der Waals surface area contributed by atoms with Crippen LogP contribution in [0.1, 0.15) is 77.1 Å². The summed E-state index contributed by atoms with van der Waals surface area (Å²) in [5.74, 6) is 0.0919. The molecule has 12 heteroatoms. The van der Waals surface area contributed by atoms with Crippen molar-refractivity contribution < 1.29 is 18.0 Å². The molecule has 5 heterocycles. The molecule has 0 saturated carbocycles. The molecule has 2 fully saturated rings. The molecular formula is C28H41N7O4S. The largest absolute Gasteiger partial charge is 0.349 e. The number of pyridine rings is 1. The summed E-state index contributed by atoms with van der Waals surface area (Å²) in [6, 6.07) is 4.79. The molecule has 3 aliphatic rings. The van der Waals surface area contributed by atoms with Crippen molar-refractivity contribution in [2.75, 3.05) is 29.4 Å². The Labute approximate surface area is 236 Å². The number of nitrogens with zero attached hydrogens (tertiary/aromatic N) is 5. The van der Waals surface area contributed by atoms with Gasteiger partial charge < -0.3 is 10.2 Å². The minimum Gasteiger partial charge on any atom is -0.349 e. The van der Waals surface area contributed by atoms with Gasteiger partial charge in [0.1, 0.15) is 11.6 Å². The van der Waals surface area contributed by atoms with Crippen molar-refractivity contribution in [1.82, 2.24) is 24.8 Å². The third-order valence-corrected chi connectivity index (χ3v) is 9.41. The van der Waals surface area contributed by atoms with E-state index in [4.69, 9.17) is 4.98 Å². The highest BCUT2D eigenvalue weighted by molar-refractivity contribution is 7.90. The number of sulfonamides is 1. The van der Waals surface area contributed by atoms with E-state index in [2.05, 4.69) is 54.7 Å². The molecule has 0 aromatic carbocycles. The van der Waals surface area contributed by atoms with Crippen molar-refractivity contribution in [3.8, 4) is 0 Å². The Balaban J connectivity index is 1.51. The first kappa shape index (κ1) is 28.5. The molecule has 2 atom stereocenters. The molecule has 2 aromatic rings. The second kappa shape index (κ2) is 10.4. The van der Waals surface area contributed by atoms with E-state index in [0.29, 0.717) is 31.3 Å². The number of hydrogen-bond donors (Lipinski definition) is 2. The van der Waals surface area contributed by atoms with Gasteiger partial charge in [-0.1, -0.05) is 20.8 Å². The van der Waals surface area contributed by atoms with E-state index in [0.717, 1.165) is 38.6 Å². The third kappa shape index (κ3) is 5.88. The van der Waals surface area contributed by atoms with Gasteiger partial charge in [0.15, 0.2) is 5.03 Å². The normalized spacial score (nSPS) is 24.8. The van der Waals surface area contributed by atoms with Crippen LogP contribution in [-0.4, -0.2) is 66.2 Å². The molecule has 2 amide bonds. The van der Waals surface area contributed by atoms with E-state index in [-0.39, 0.29) is 39.4 Å². The van der Waals surface area contributed by atoms with Crippen LogP contribution in [0.2, 0.25) is 0 Å². The Morgan fingerprint density at radius 1 is 1.12 bits per heavy atom. The topological polar surface area (TPSA) is 130 Å². The predicted molar refractivity (Wildman–Crippen MR) is 153 cm³/mol. The van der Waals surface area contributed by atoms with E-state index < -0.39 is 15.9 Å². The van der Waals surface area contributed by atoms with Crippen molar-refractivity contribution in [3.63, 3.8) is 0 Å².